The normalized spacial score (nSPS) is 10.0. The molecule has 0 aliphatic carbocycles. The lowest BCUT2D eigenvalue weighted by molar-refractivity contribution is -0.136. The fourth-order valence-electron chi connectivity index (χ4n) is 1.44. The number of anilines is 2. The summed E-state index contributed by atoms with van der Waals surface area (Å²) in [6.07, 6.45) is 0. The van der Waals surface area contributed by atoms with Crippen LogP contribution in [0.2, 0.25) is 0 Å². The van der Waals surface area contributed by atoms with E-state index in [9.17, 15) is 14.4 Å². The maximum absolute atomic E-state index is 11.6. The Morgan fingerprint density at radius 2 is 1.65 bits per heavy atom. The molecule has 1 aromatic rings. The molecule has 1 rings (SSSR count). The molecule has 0 aromatic heterocycles. The summed E-state index contributed by atoms with van der Waals surface area (Å²) in [6.45, 7) is 5.72. The van der Waals surface area contributed by atoms with Crippen molar-refractivity contribution in [1.82, 2.24) is 5.32 Å². The summed E-state index contributed by atoms with van der Waals surface area (Å²) in [7, 11) is 0. The molecule has 0 heterocycles. The second-order valence-electron chi connectivity index (χ2n) is 4.82. The first-order valence-corrected chi connectivity index (χ1v) is 6.35. The van der Waals surface area contributed by atoms with Crippen molar-refractivity contribution in [2.75, 3.05) is 17.2 Å². The predicted octanol–water partition coefficient (Wildman–Crippen LogP) is 1.36. The van der Waals surface area contributed by atoms with E-state index >= 15 is 0 Å². The Kier molecular flexibility index (Phi) is 5.71. The zero-order valence-electron chi connectivity index (χ0n) is 11.8. The Hall–Kier alpha value is -2.37. The molecule has 3 N–H and O–H groups in total. The first-order valence-electron chi connectivity index (χ1n) is 6.35. The molecular formula is C14H19N3O3. The Labute approximate surface area is 117 Å². The van der Waals surface area contributed by atoms with Crippen LogP contribution in [-0.2, 0) is 14.4 Å². The molecule has 0 unspecified atom stereocenters. The van der Waals surface area contributed by atoms with Crippen LogP contribution in [0.5, 0.6) is 0 Å². The molecule has 0 saturated carbocycles. The van der Waals surface area contributed by atoms with Gasteiger partial charge >= 0.3 is 11.8 Å². The minimum atomic E-state index is -0.731. The van der Waals surface area contributed by atoms with E-state index in [2.05, 4.69) is 16.0 Å². The number of hydrogen-bond acceptors (Lipinski definition) is 3. The van der Waals surface area contributed by atoms with Gasteiger partial charge in [-0.3, -0.25) is 14.4 Å². The molecule has 0 aliphatic heterocycles. The summed E-state index contributed by atoms with van der Waals surface area (Å²) in [5.74, 6) is -1.34. The number of carbonyl (C=O) groups is 3. The third-order valence-electron chi connectivity index (χ3n) is 2.32. The van der Waals surface area contributed by atoms with Crippen molar-refractivity contribution in [1.29, 1.82) is 0 Å². The van der Waals surface area contributed by atoms with Gasteiger partial charge in [-0.05, 0) is 24.1 Å². The molecule has 0 atom stereocenters. The van der Waals surface area contributed by atoms with Crippen LogP contribution >= 0.6 is 0 Å². The van der Waals surface area contributed by atoms with Gasteiger partial charge in [0.25, 0.3) is 0 Å². The van der Waals surface area contributed by atoms with Crippen LogP contribution in [-0.4, -0.2) is 24.3 Å². The van der Waals surface area contributed by atoms with Gasteiger partial charge < -0.3 is 16.0 Å². The zero-order valence-corrected chi connectivity index (χ0v) is 11.8. The van der Waals surface area contributed by atoms with Crippen molar-refractivity contribution in [2.45, 2.75) is 20.8 Å². The molecule has 0 aliphatic rings. The third kappa shape index (κ3) is 5.51. The van der Waals surface area contributed by atoms with E-state index in [4.69, 9.17) is 0 Å². The Bertz CT molecular complexity index is 512. The maximum atomic E-state index is 11.6. The molecule has 3 amide bonds. The predicted molar refractivity (Wildman–Crippen MR) is 77.2 cm³/mol. The molecule has 108 valence electrons. The minimum Gasteiger partial charge on any atom is -0.348 e. The molecule has 6 nitrogen and oxygen atoms in total. The topological polar surface area (TPSA) is 87.3 Å². The number of rotatable bonds is 4. The Morgan fingerprint density at radius 3 is 2.20 bits per heavy atom. The van der Waals surface area contributed by atoms with Crippen molar-refractivity contribution in [3.05, 3.63) is 24.3 Å². The molecule has 20 heavy (non-hydrogen) atoms. The molecule has 0 spiro atoms. The number of benzene rings is 1. The average molecular weight is 277 g/mol. The zero-order chi connectivity index (χ0) is 15.1. The SMILES string of the molecule is CC(=O)Nc1cccc(NC(=O)C(=O)NCC(C)C)c1. The van der Waals surface area contributed by atoms with E-state index in [0.29, 0.717) is 17.9 Å². The summed E-state index contributed by atoms with van der Waals surface area (Å²) in [5, 5.41) is 7.60. The third-order valence-corrected chi connectivity index (χ3v) is 2.32. The van der Waals surface area contributed by atoms with Gasteiger partial charge in [-0.25, -0.2) is 0 Å². The van der Waals surface area contributed by atoms with E-state index in [1.54, 1.807) is 24.3 Å². The van der Waals surface area contributed by atoms with Crippen LogP contribution in [0.1, 0.15) is 20.8 Å². The molecular weight excluding hydrogens is 258 g/mol. The maximum Gasteiger partial charge on any atom is 0.313 e. The fourth-order valence-corrected chi connectivity index (χ4v) is 1.44. The molecule has 0 bridgehead atoms. The van der Waals surface area contributed by atoms with Gasteiger partial charge in [-0.2, -0.15) is 0 Å². The van der Waals surface area contributed by atoms with E-state index in [1.807, 2.05) is 13.8 Å². The standard InChI is InChI=1S/C14H19N3O3/c1-9(2)8-15-13(19)14(20)17-12-6-4-5-11(7-12)16-10(3)18/h4-7,9H,8H2,1-3H3,(H,15,19)(H,16,18)(H,17,20). The van der Waals surface area contributed by atoms with Crippen LogP contribution in [0, 0.1) is 5.92 Å². The summed E-state index contributed by atoms with van der Waals surface area (Å²) in [5.41, 5.74) is 0.999. The molecule has 0 saturated heterocycles. The quantitative estimate of drug-likeness (QED) is 0.726. The summed E-state index contributed by atoms with van der Waals surface area (Å²) >= 11 is 0. The lowest BCUT2D eigenvalue weighted by Crippen LogP contribution is -2.37. The van der Waals surface area contributed by atoms with Crippen LogP contribution in [0.3, 0.4) is 0 Å². The lowest BCUT2D eigenvalue weighted by atomic mass is 10.2. The van der Waals surface area contributed by atoms with Gasteiger partial charge in [0, 0.05) is 24.8 Å². The van der Waals surface area contributed by atoms with Crippen molar-refractivity contribution in [2.24, 2.45) is 5.92 Å². The minimum absolute atomic E-state index is 0.205. The Balaban J connectivity index is 2.61. The van der Waals surface area contributed by atoms with E-state index in [1.165, 1.54) is 6.92 Å². The van der Waals surface area contributed by atoms with Gasteiger partial charge in [0.05, 0.1) is 0 Å². The van der Waals surface area contributed by atoms with Crippen LogP contribution in [0.15, 0.2) is 24.3 Å². The van der Waals surface area contributed by atoms with Crippen molar-refractivity contribution in [3.8, 4) is 0 Å². The van der Waals surface area contributed by atoms with Gasteiger partial charge in [0.2, 0.25) is 5.91 Å². The second kappa shape index (κ2) is 7.28. The molecule has 6 heteroatoms. The van der Waals surface area contributed by atoms with Gasteiger partial charge in [-0.15, -0.1) is 0 Å². The highest BCUT2D eigenvalue weighted by atomic mass is 16.2. The summed E-state index contributed by atoms with van der Waals surface area (Å²) in [6, 6.07) is 6.58. The average Bonchev–Trinajstić information content (AvgIpc) is 2.35. The van der Waals surface area contributed by atoms with E-state index < -0.39 is 11.8 Å². The highest BCUT2D eigenvalue weighted by molar-refractivity contribution is 6.39. The van der Waals surface area contributed by atoms with E-state index in [0.717, 1.165) is 0 Å². The molecule has 0 fully saturated rings. The first kappa shape index (κ1) is 15.7. The number of amides is 3. The molecule has 1 aromatic carbocycles. The summed E-state index contributed by atoms with van der Waals surface area (Å²) in [4.78, 5) is 34.1. The fraction of sp³-hybridized carbons (Fsp3) is 0.357. The lowest BCUT2D eigenvalue weighted by Gasteiger charge is -2.09. The highest BCUT2D eigenvalue weighted by Gasteiger charge is 2.13. The second-order valence-corrected chi connectivity index (χ2v) is 4.82. The highest BCUT2D eigenvalue weighted by Crippen LogP contribution is 2.14. The van der Waals surface area contributed by atoms with Crippen molar-refractivity contribution >= 4 is 29.1 Å². The monoisotopic (exact) mass is 277 g/mol. The Morgan fingerprint density at radius 1 is 1.05 bits per heavy atom. The van der Waals surface area contributed by atoms with Crippen molar-refractivity contribution in [3.63, 3.8) is 0 Å². The van der Waals surface area contributed by atoms with Crippen LogP contribution in [0.4, 0.5) is 11.4 Å². The van der Waals surface area contributed by atoms with Crippen molar-refractivity contribution < 1.29 is 14.4 Å². The smallest absolute Gasteiger partial charge is 0.313 e. The van der Waals surface area contributed by atoms with Gasteiger partial charge in [0.15, 0.2) is 0 Å². The van der Waals surface area contributed by atoms with Gasteiger partial charge in [0.1, 0.15) is 0 Å². The van der Waals surface area contributed by atoms with Crippen LogP contribution < -0.4 is 16.0 Å². The summed E-state index contributed by atoms with van der Waals surface area (Å²) < 4.78 is 0. The number of carbonyl (C=O) groups excluding carboxylic acids is 3. The first-order chi connectivity index (χ1) is 9.38. The number of hydrogen-bond donors (Lipinski definition) is 3. The molecule has 0 radical (unpaired) electrons. The number of nitrogens with one attached hydrogen (secondary N) is 3. The van der Waals surface area contributed by atoms with Gasteiger partial charge in [-0.1, -0.05) is 19.9 Å². The largest absolute Gasteiger partial charge is 0.348 e. The van der Waals surface area contributed by atoms with E-state index in [-0.39, 0.29) is 11.8 Å². The van der Waals surface area contributed by atoms with Crippen LogP contribution in [0.25, 0.3) is 0 Å².